The number of para-hydroxylation sites is 1. The molecule has 2 aliphatic rings. The van der Waals surface area contributed by atoms with Gasteiger partial charge in [0.25, 0.3) is 5.56 Å². The van der Waals surface area contributed by atoms with Crippen LogP contribution < -0.4 is 126 Å². The molecule has 9 aromatic rings. The van der Waals surface area contributed by atoms with Gasteiger partial charge in [0.2, 0.25) is 11.9 Å². The SMILES string of the molecule is CNc1ccc(Br)c2c1C(=O)c1ccccc1C2=O.Cc1ccccc1Nc1nc(O)nc(Nc2cc(Nc3ccc4c5c3C(=O)c3ccccc3-c5c(C(=O)c3cccc(SOO[O-])c3)c(=O)n4C)c(SOO[O-])cc2S(=O)(=O)[O-])n1.[Na+].[Na+].[Na+]. The van der Waals surface area contributed by atoms with Gasteiger partial charge in [0, 0.05) is 73.6 Å². The van der Waals surface area contributed by atoms with E-state index in [9.17, 15) is 52.6 Å². The summed E-state index contributed by atoms with van der Waals surface area (Å²) in [4.78, 5) is 79.5. The summed E-state index contributed by atoms with van der Waals surface area (Å²) in [5, 5.41) is 50.7. The van der Waals surface area contributed by atoms with Crippen molar-refractivity contribution in [1.82, 2.24) is 19.5 Å². The van der Waals surface area contributed by atoms with Crippen molar-refractivity contribution in [3.05, 3.63) is 198 Å². The average Bonchev–Trinajstić information content (AvgIpc) is 0.833. The Labute approximate surface area is 565 Å². The molecule has 414 valence electrons. The molecule has 30 heteroatoms. The predicted octanol–water partition coefficient (Wildman–Crippen LogP) is -0.946. The van der Waals surface area contributed by atoms with E-state index in [0.29, 0.717) is 55.0 Å². The first-order valence-corrected chi connectivity index (χ1v) is 27.5. The second-order valence-electron chi connectivity index (χ2n) is 17.7. The molecule has 0 aliphatic heterocycles. The maximum absolute atomic E-state index is 14.6. The minimum absolute atomic E-state index is 0. The van der Waals surface area contributed by atoms with Crippen molar-refractivity contribution >= 4 is 125 Å². The summed E-state index contributed by atoms with van der Waals surface area (Å²) in [6.45, 7) is 1.81. The van der Waals surface area contributed by atoms with Gasteiger partial charge in [0.05, 0.1) is 73.1 Å². The molecule has 0 bridgehead atoms. The third-order valence-electron chi connectivity index (χ3n) is 13.0. The quantitative estimate of drug-likeness (QED) is 0.0195. The van der Waals surface area contributed by atoms with E-state index in [-0.39, 0.29) is 179 Å². The van der Waals surface area contributed by atoms with E-state index in [1.54, 1.807) is 85.9 Å². The fourth-order valence-electron chi connectivity index (χ4n) is 9.42. The average molecular weight is 1290 g/mol. The summed E-state index contributed by atoms with van der Waals surface area (Å²) in [5.41, 5.74) is 3.31. The topological polar surface area (TPSA) is 338 Å². The molecular weight excluding hydrogens is 1260 g/mol. The molecule has 0 saturated carbocycles. The van der Waals surface area contributed by atoms with Crippen LogP contribution in [0.2, 0.25) is 0 Å². The third kappa shape index (κ3) is 13.6. The van der Waals surface area contributed by atoms with Gasteiger partial charge in [-0.1, -0.05) is 94.8 Å². The van der Waals surface area contributed by atoms with Crippen LogP contribution in [0.1, 0.15) is 69.2 Å². The van der Waals surface area contributed by atoms with E-state index in [1.807, 2.05) is 13.0 Å². The van der Waals surface area contributed by atoms with Crippen LogP contribution in [0.15, 0.2) is 157 Å². The van der Waals surface area contributed by atoms with Crippen LogP contribution in [0.5, 0.6) is 6.01 Å². The van der Waals surface area contributed by atoms with Gasteiger partial charge in [0.15, 0.2) is 23.1 Å². The second kappa shape index (κ2) is 28.4. The van der Waals surface area contributed by atoms with Crippen LogP contribution in [0.3, 0.4) is 0 Å². The third-order valence-corrected chi connectivity index (χ3v) is 15.8. The van der Waals surface area contributed by atoms with E-state index in [4.69, 9.17) is 0 Å². The number of aromatic nitrogens is 4. The van der Waals surface area contributed by atoms with Gasteiger partial charge in [-0.15, -0.1) is 0 Å². The van der Waals surface area contributed by atoms with Gasteiger partial charge in [-0.25, -0.2) is 8.42 Å². The van der Waals surface area contributed by atoms with Crippen molar-refractivity contribution in [2.45, 2.75) is 21.6 Å². The second-order valence-corrected chi connectivity index (χ2v) is 21.5. The minimum atomic E-state index is -5.32. The van der Waals surface area contributed by atoms with Gasteiger partial charge in [0.1, 0.15) is 10.1 Å². The Morgan fingerprint density at radius 1 is 0.624 bits per heavy atom. The molecule has 0 amide bonds. The number of nitrogens with one attached hydrogen (secondary N) is 4. The summed E-state index contributed by atoms with van der Waals surface area (Å²) >= 11 is 4.14. The molecule has 23 nitrogen and oxygen atoms in total. The first-order valence-electron chi connectivity index (χ1n) is 23.8. The molecule has 85 heavy (non-hydrogen) atoms. The number of hydrogen-bond acceptors (Lipinski definition) is 24. The van der Waals surface area contributed by atoms with E-state index in [2.05, 4.69) is 70.9 Å². The molecule has 11 rings (SSSR count). The smallest absolute Gasteiger partial charge is 0.744 e. The minimum Gasteiger partial charge on any atom is -0.744 e. The number of ketones is 4. The first-order chi connectivity index (χ1) is 39.4. The Bertz CT molecular complexity index is 4360. The number of aryl methyl sites for hydroxylation is 2. The molecular formula is C55H36BrN8Na3O15S3. The summed E-state index contributed by atoms with van der Waals surface area (Å²) in [7, 11) is -2.15. The number of halogens is 1. The zero-order valence-corrected chi connectivity index (χ0v) is 55.3. The van der Waals surface area contributed by atoms with E-state index >= 15 is 0 Å². The van der Waals surface area contributed by atoms with Crippen LogP contribution in [-0.4, -0.2) is 67.8 Å². The predicted molar refractivity (Wildman–Crippen MR) is 298 cm³/mol. The maximum Gasteiger partial charge on any atom is 1.00 e. The summed E-state index contributed by atoms with van der Waals surface area (Å²) in [6, 6.07) is 34.1. The van der Waals surface area contributed by atoms with Crippen molar-refractivity contribution < 1.29 is 155 Å². The maximum atomic E-state index is 14.6. The monoisotopic (exact) mass is 1290 g/mol. The molecule has 0 atom stereocenters. The van der Waals surface area contributed by atoms with Gasteiger partial charge in [-0.05, 0) is 72.6 Å². The zero-order chi connectivity index (χ0) is 58.1. The standard InChI is InChI=1S/C40H29N7O13S3.C15H10BrNO2.3Na/c1-19-8-3-6-13-24(19)42-38-44-39(46-40(51)45-38)43-27-17-26(29(62-60-58-53)18-30(27)63(54,55)56)41-25-14-15-28-33-31(22-11-4-5-12-23(22)36(49)32(25)33)34(37(50)47(28)2)35(48)20-9-7-10-21(16-20)61-59-57-52;1-17-11-7-6-10(16)12-13(11)15(19)9-5-3-2-4-8(9)14(12)18;;;/h3-18,41,52-53H,1-2H3,(H,54,55,56)(H3,42,43,44,45,46,51);2-7,17H,1H3;;;/q;;3*+1/p-3. The number of nitrogens with zero attached hydrogens (tertiary/aromatic N) is 4. The molecule has 0 unspecified atom stereocenters. The number of hydrogen-bond donors (Lipinski definition) is 5. The molecule has 2 heterocycles. The van der Waals surface area contributed by atoms with Crippen LogP contribution in [0.25, 0.3) is 22.0 Å². The normalized spacial score (nSPS) is 11.8. The first kappa shape index (κ1) is 66.8. The Morgan fingerprint density at radius 3 is 1.84 bits per heavy atom. The molecule has 0 saturated heterocycles. The molecule has 0 spiro atoms. The van der Waals surface area contributed by atoms with Crippen LogP contribution >= 0.6 is 40.0 Å². The molecule has 2 aromatic heterocycles. The van der Waals surface area contributed by atoms with Crippen molar-refractivity contribution in [2.75, 3.05) is 28.3 Å². The van der Waals surface area contributed by atoms with Crippen molar-refractivity contribution in [3.63, 3.8) is 0 Å². The summed E-state index contributed by atoms with van der Waals surface area (Å²) < 4.78 is 49.0. The van der Waals surface area contributed by atoms with E-state index in [1.165, 1.54) is 48.0 Å². The zero-order valence-electron chi connectivity index (χ0n) is 45.3. The van der Waals surface area contributed by atoms with Crippen molar-refractivity contribution in [2.24, 2.45) is 7.05 Å². The fourth-order valence-corrected chi connectivity index (χ4v) is 11.5. The number of aromatic hydroxyl groups is 1. The molecule has 0 fully saturated rings. The van der Waals surface area contributed by atoms with Gasteiger partial charge in [-0.3, -0.25) is 34.0 Å². The number of benzene rings is 7. The molecule has 5 N–H and O–H groups in total. The van der Waals surface area contributed by atoms with Gasteiger partial charge < -0.3 is 46.0 Å². The van der Waals surface area contributed by atoms with Gasteiger partial charge >= 0.3 is 94.7 Å². The molecule has 0 radical (unpaired) electrons. The Morgan fingerprint density at radius 2 is 1.20 bits per heavy atom. The van der Waals surface area contributed by atoms with Crippen LogP contribution in [0.4, 0.5) is 40.3 Å². The van der Waals surface area contributed by atoms with Crippen molar-refractivity contribution in [1.29, 1.82) is 0 Å². The number of rotatable bonds is 16. The van der Waals surface area contributed by atoms with Gasteiger partial charge in [-0.2, -0.15) is 23.6 Å². The summed E-state index contributed by atoms with van der Waals surface area (Å²) in [5.74, 6) is -2.03. The number of carbonyl (C=O) groups is 4. The van der Waals surface area contributed by atoms with E-state index in [0.717, 1.165) is 17.7 Å². The fraction of sp³-hybridized carbons (Fsp3) is 0.0545. The van der Waals surface area contributed by atoms with Crippen LogP contribution in [-0.2, 0) is 35.9 Å². The Balaban J connectivity index is 0.000000398. The molecule has 7 aromatic carbocycles. The Kier molecular flexibility index (Phi) is 22.3. The van der Waals surface area contributed by atoms with E-state index < -0.39 is 49.8 Å². The van der Waals surface area contributed by atoms with Crippen LogP contribution in [0, 0.1) is 6.92 Å². The number of fused-ring (bicyclic) bond motifs is 4. The van der Waals surface area contributed by atoms with Crippen molar-refractivity contribution in [3.8, 4) is 17.1 Å². The largest absolute Gasteiger partial charge is 1.00 e. The Hall–Kier alpha value is -5.71. The number of anilines is 7. The molecule has 2 aliphatic carbocycles. The summed E-state index contributed by atoms with van der Waals surface area (Å²) in [6.07, 6.45) is 0. The number of carbonyl (C=O) groups excluding carboxylic acids is 4. The number of pyridine rings is 1.